The molecule has 0 fully saturated rings. The standard InChI is InChI=1S/C17H22N2O/c1-17(2,13-18)8-3-4-9-19-10-7-15-11-14(12-20)5-6-16(15)19/h5-7,10-11,20H,3-4,8-9,12H2,1-2H3. The number of aromatic nitrogens is 1. The van der Waals surface area contributed by atoms with Gasteiger partial charge in [-0.1, -0.05) is 12.5 Å². The summed E-state index contributed by atoms with van der Waals surface area (Å²) in [6.07, 6.45) is 5.18. The summed E-state index contributed by atoms with van der Waals surface area (Å²) in [6.45, 7) is 5.05. The molecule has 1 aromatic heterocycles. The van der Waals surface area contributed by atoms with E-state index in [0.29, 0.717) is 0 Å². The number of aliphatic hydroxyl groups excluding tert-OH is 1. The summed E-state index contributed by atoms with van der Waals surface area (Å²) < 4.78 is 2.25. The van der Waals surface area contributed by atoms with E-state index in [-0.39, 0.29) is 12.0 Å². The van der Waals surface area contributed by atoms with Gasteiger partial charge in [0.25, 0.3) is 0 Å². The molecule has 1 aromatic carbocycles. The van der Waals surface area contributed by atoms with E-state index in [9.17, 15) is 0 Å². The van der Waals surface area contributed by atoms with Gasteiger partial charge in [0.1, 0.15) is 0 Å². The van der Waals surface area contributed by atoms with Crippen LogP contribution in [0.5, 0.6) is 0 Å². The predicted molar refractivity (Wildman–Crippen MR) is 81.1 cm³/mol. The van der Waals surface area contributed by atoms with Crippen molar-refractivity contribution in [3.63, 3.8) is 0 Å². The van der Waals surface area contributed by atoms with Gasteiger partial charge < -0.3 is 9.67 Å². The molecule has 0 saturated carbocycles. The molecule has 20 heavy (non-hydrogen) atoms. The van der Waals surface area contributed by atoms with Crippen LogP contribution in [0.4, 0.5) is 0 Å². The third kappa shape index (κ3) is 3.40. The van der Waals surface area contributed by atoms with Crippen molar-refractivity contribution in [1.29, 1.82) is 5.26 Å². The van der Waals surface area contributed by atoms with Crippen LogP contribution in [0.25, 0.3) is 10.9 Å². The minimum absolute atomic E-state index is 0.0877. The van der Waals surface area contributed by atoms with Crippen molar-refractivity contribution in [2.45, 2.75) is 46.3 Å². The topological polar surface area (TPSA) is 49.0 Å². The van der Waals surface area contributed by atoms with Crippen LogP contribution in [0, 0.1) is 16.7 Å². The van der Waals surface area contributed by atoms with Crippen molar-refractivity contribution in [2.75, 3.05) is 0 Å². The number of unbranched alkanes of at least 4 members (excludes halogenated alkanes) is 1. The summed E-state index contributed by atoms with van der Waals surface area (Å²) >= 11 is 0. The highest BCUT2D eigenvalue weighted by atomic mass is 16.3. The summed E-state index contributed by atoms with van der Waals surface area (Å²) in [7, 11) is 0. The molecule has 0 aliphatic heterocycles. The molecule has 106 valence electrons. The van der Waals surface area contributed by atoms with Gasteiger partial charge in [0, 0.05) is 18.3 Å². The molecular formula is C17H22N2O. The van der Waals surface area contributed by atoms with Gasteiger partial charge in [-0.2, -0.15) is 5.26 Å². The predicted octanol–water partition coefficient (Wildman–Crippen LogP) is 3.85. The number of hydrogen-bond donors (Lipinski definition) is 1. The van der Waals surface area contributed by atoms with E-state index in [0.717, 1.165) is 31.4 Å². The van der Waals surface area contributed by atoms with E-state index in [1.54, 1.807) is 0 Å². The first kappa shape index (κ1) is 14.6. The highest BCUT2D eigenvalue weighted by Crippen LogP contribution is 2.23. The lowest BCUT2D eigenvalue weighted by Gasteiger charge is -2.14. The Balaban J connectivity index is 1.96. The molecule has 1 heterocycles. The molecule has 0 amide bonds. The minimum Gasteiger partial charge on any atom is -0.392 e. The van der Waals surface area contributed by atoms with Crippen LogP contribution in [-0.4, -0.2) is 9.67 Å². The number of nitrogens with zero attached hydrogens (tertiary/aromatic N) is 2. The molecule has 3 nitrogen and oxygen atoms in total. The Kier molecular flexibility index (Phi) is 4.46. The van der Waals surface area contributed by atoms with Crippen molar-refractivity contribution in [3.8, 4) is 6.07 Å². The normalized spacial score (nSPS) is 11.7. The minimum atomic E-state index is -0.214. The summed E-state index contributed by atoms with van der Waals surface area (Å²) in [5.41, 5.74) is 1.95. The van der Waals surface area contributed by atoms with E-state index in [1.807, 2.05) is 26.0 Å². The third-order valence-electron chi connectivity index (χ3n) is 3.77. The SMILES string of the molecule is CC(C)(C#N)CCCCn1ccc2cc(CO)ccc21. The first-order valence-corrected chi connectivity index (χ1v) is 7.16. The molecule has 1 N–H and O–H groups in total. The summed E-state index contributed by atoms with van der Waals surface area (Å²) in [4.78, 5) is 0. The molecule has 2 rings (SSSR count). The Labute approximate surface area is 120 Å². The maximum atomic E-state index is 9.14. The Bertz CT molecular complexity index is 619. The zero-order valence-electron chi connectivity index (χ0n) is 12.3. The van der Waals surface area contributed by atoms with Crippen LogP contribution in [0.2, 0.25) is 0 Å². The zero-order chi connectivity index (χ0) is 14.6. The lowest BCUT2D eigenvalue weighted by atomic mass is 9.89. The van der Waals surface area contributed by atoms with Gasteiger partial charge in [-0.15, -0.1) is 0 Å². The van der Waals surface area contributed by atoms with Crippen LogP contribution in [0.1, 0.15) is 38.7 Å². The maximum Gasteiger partial charge on any atom is 0.0683 e. The molecule has 3 heteroatoms. The first-order chi connectivity index (χ1) is 9.55. The zero-order valence-corrected chi connectivity index (χ0v) is 12.3. The Hall–Kier alpha value is -1.79. The van der Waals surface area contributed by atoms with Crippen molar-refractivity contribution in [2.24, 2.45) is 5.41 Å². The van der Waals surface area contributed by atoms with Crippen LogP contribution >= 0.6 is 0 Å². The van der Waals surface area contributed by atoms with E-state index in [2.05, 4.69) is 29.0 Å². The largest absolute Gasteiger partial charge is 0.392 e. The highest BCUT2D eigenvalue weighted by molar-refractivity contribution is 5.80. The van der Waals surface area contributed by atoms with Crippen molar-refractivity contribution >= 4 is 10.9 Å². The van der Waals surface area contributed by atoms with Crippen molar-refractivity contribution < 1.29 is 5.11 Å². The second-order valence-electron chi connectivity index (χ2n) is 6.01. The second-order valence-corrected chi connectivity index (χ2v) is 6.01. The molecule has 0 unspecified atom stereocenters. The van der Waals surface area contributed by atoms with E-state index >= 15 is 0 Å². The fraction of sp³-hybridized carbons (Fsp3) is 0.471. The van der Waals surface area contributed by atoms with Crippen molar-refractivity contribution in [1.82, 2.24) is 4.57 Å². The van der Waals surface area contributed by atoms with Crippen LogP contribution < -0.4 is 0 Å². The number of nitriles is 1. The van der Waals surface area contributed by atoms with Gasteiger partial charge in [0.15, 0.2) is 0 Å². The molecule has 0 bridgehead atoms. The van der Waals surface area contributed by atoms with Gasteiger partial charge in [-0.3, -0.25) is 0 Å². The lowest BCUT2D eigenvalue weighted by Crippen LogP contribution is -2.08. The van der Waals surface area contributed by atoms with Gasteiger partial charge in [-0.25, -0.2) is 0 Å². The lowest BCUT2D eigenvalue weighted by molar-refractivity contribution is 0.282. The maximum absolute atomic E-state index is 9.14. The number of hydrogen-bond acceptors (Lipinski definition) is 2. The van der Waals surface area contributed by atoms with Crippen LogP contribution in [0.15, 0.2) is 30.5 Å². The quantitative estimate of drug-likeness (QED) is 0.810. The highest BCUT2D eigenvalue weighted by Gasteiger charge is 2.15. The molecule has 2 aromatic rings. The Morgan fingerprint density at radius 3 is 2.75 bits per heavy atom. The average Bonchev–Trinajstić information content (AvgIpc) is 2.86. The van der Waals surface area contributed by atoms with Gasteiger partial charge in [0.2, 0.25) is 0 Å². The van der Waals surface area contributed by atoms with Gasteiger partial charge in [0.05, 0.1) is 18.1 Å². The molecule has 0 spiro atoms. The van der Waals surface area contributed by atoms with Crippen molar-refractivity contribution in [3.05, 3.63) is 36.0 Å². The average molecular weight is 270 g/mol. The number of rotatable bonds is 6. The second kappa shape index (κ2) is 6.11. The summed E-state index contributed by atoms with van der Waals surface area (Å²) in [6, 6.07) is 10.5. The van der Waals surface area contributed by atoms with Gasteiger partial charge in [-0.05, 0) is 55.8 Å². The smallest absolute Gasteiger partial charge is 0.0683 e. The molecule has 0 atom stereocenters. The van der Waals surface area contributed by atoms with E-state index in [1.165, 1.54) is 10.9 Å². The monoisotopic (exact) mass is 270 g/mol. The summed E-state index contributed by atoms with van der Waals surface area (Å²) in [5.74, 6) is 0. The molecule has 0 aliphatic rings. The summed E-state index contributed by atoms with van der Waals surface area (Å²) in [5, 5.41) is 19.3. The molecule has 0 saturated heterocycles. The van der Waals surface area contributed by atoms with Gasteiger partial charge >= 0.3 is 0 Å². The molecule has 0 aliphatic carbocycles. The fourth-order valence-corrected chi connectivity index (χ4v) is 2.45. The third-order valence-corrected chi connectivity index (χ3v) is 3.77. The number of aliphatic hydroxyl groups is 1. The molecular weight excluding hydrogens is 248 g/mol. The Morgan fingerprint density at radius 1 is 1.25 bits per heavy atom. The number of aryl methyl sites for hydroxylation is 1. The fourth-order valence-electron chi connectivity index (χ4n) is 2.45. The number of benzene rings is 1. The number of fused-ring (bicyclic) bond motifs is 1. The first-order valence-electron chi connectivity index (χ1n) is 7.16. The van der Waals surface area contributed by atoms with E-state index in [4.69, 9.17) is 10.4 Å². The molecule has 0 radical (unpaired) electrons. The Morgan fingerprint density at radius 2 is 2.05 bits per heavy atom. The van der Waals surface area contributed by atoms with Crippen LogP contribution in [0.3, 0.4) is 0 Å². The van der Waals surface area contributed by atoms with Crippen LogP contribution in [-0.2, 0) is 13.2 Å². The van der Waals surface area contributed by atoms with E-state index < -0.39 is 0 Å².